The molecule has 2 aromatic rings. The van der Waals surface area contributed by atoms with Gasteiger partial charge in [-0.3, -0.25) is 9.59 Å². The molecular weight excluding hydrogens is 327 g/mol. The van der Waals surface area contributed by atoms with Crippen molar-refractivity contribution >= 4 is 23.2 Å². The highest BCUT2D eigenvalue weighted by Crippen LogP contribution is 2.30. The minimum atomic E-state index is -0.617. The van der Waals surface area contributed by atoms with Gasteiger partial charge in [-0.1, -0.05) is 0 Å². The highest BCUT2D eigenvalue weighted by molar-refractivity contribution is 6.05. The number of anilines is 2. The Hall–Kier alpha value is -3.09. The van der Waals surface area contributed by atoms with Crippen LogP contribution in [0.3, 0.4) is 0 Å². The van der Waals surface area contributed by atoms with Gasteiger partial charge in [0, 0.05) is 23.7 Å². The first kappa shape index (κ1) is 18.3. The maximum Gasteiger partial charge on any atom is 0.256 e. The van der Waals surface area contributed by atoms with Gasteiger partial charge in [0.15, 0.2) is 0 Å². The fourth-order valence-corrected chi connectivity index (χ4v) is 2.31. The van der Waals surface area contributed by atoms with Crippen LogP contribution in [0.15, 0.2) is 30.3 Å². The van der Waals surface area contributed by atoms with Gasteiger partial charge in [0.1, 0.15) is 17.3 Å². The first-order valence-corrected chi connectivity index (χ1v) is 7.46. The molecule has 2 amide bonds. The number of ether oxygens (including phenoxy) is 2. The van der Waals surface area contributed by atoms with Crippen molar-refractivity contribution in [1.29, 1.82) is 0 Å². The lowest BCUT2D eigenvalue weighted by molar-refractivity contribution is -0.114. The maximum atomic E-state index is 14.0. The zero-order valence-corrected chi connectivity index (χ0v) is 14.4. The number of nitrogens with one attached hydrogen (secondary N) is 2. The zero-order chi connectivity index (χ0) is 18.6. The summed E-state index contributed by atoms with van der Waals surface area (Å²) >= 11 is 0. The molecule has 132 valence electrons. The van der Waals surface area contributed by atoms with Gasteiger partial charge in [-0.2, -0.15) is 0 Å². The number of rotatable bonds is 5. The minimum Gasteiger partial charge on any atom is -0.496 e. The Morgan fingerprint density at radius 2 is 1.60 bits per heavy atom. The van der Waals surface area contributed by atoms with E-state index in [9.17, 15) is 14.0 Å². The number of benzene rings is 2. The predicted molar refractivity (Wildman–Crippen MR) is 92.9 cm³/mol. The van der Waals surface area contributed by atoms with Crippen molar-refractivity contribution in [2.24, 2.45) is 0 Å². The molecule has 0 unspecified atom stereocenters. The van der Waals surface area contributed by atoms with Crippen molar-refractivity contribution in [2.45, 2.75) is 13.8 Å². The van der Waals surface area contributed by atoms with Gasteiger partial charge in [-0.05, 0) is 37.3 Å². The Kier molecular flexibility index (Phi) is 5.59. The number of carbonyl (C=O) groups is 2. The summed E-state index contributed by atoms with van der Waals surface area (Å²) in [6, 6.07) is 7.00. The maximum absolute atomic E-state index is 14.0. The van der Waals surface area contributed by atoms with E-state index in [-0.39, 0.29) is 17.2 Å². The molecule has 0 atom stereocenters. The Morgan fingerprint density at radius 3 is 2.12 bits per heavy atom. The molecular formula is C18H19FN2O4. The number of halogens is 1. The predicted octanol–water partition coefficient (Wildman–Crippen LogP) is 3.36. The van der Waals surface area contributed by atoms with Gasteiger partial charge in [-0.15, -0.1) is 0 Å². The standard InChI is InChI=1S/C18H19FN2O4/c1-10-16(24-3)7-12(8-17(10)25-4)18(23)21-15-9-13(20-11(2)22)5-6-14(15)19/h5-9H,1-4H3,(H,20,22)(H,21,23). The second kappa shape index (κ2) is 7.65. The van der Waals surface area contributed by atoms with E-state index in [1.807, 2.05) is 0 Å². The first-order chi connectivity index (χ1) is 11.8. The van der Waals surface area contributed by atoms with Crippen molar-refractivity contribution in [3.63, 3.8) is 0 Å². The lowest BCUT2D eigenvalue weighted by atomic mass is 10.1. The van der Waals surface area contributed by atoms with E-state index in [2.05, 4.69) is 10.6 Å². The number of hydrogen-bond acceptors (Lipinski definition) is 4. The Bertz CT molecular complexity index is 796. The average molecular weight is 346 g/mol. The molecule has 0 aliphatic rings. The van der Waals surface area contributed by atoms with Crippen LogP contribution in [0.5, 0.6) is 11.5 Å². The van der Waals surface area contributed by atoms with Gasteiger partial charge in [0.2, 0.25) is 5.91 Å². The molecule has 0 saturated heterocycles. The van der Waals surface area contributed by atoms with Crippen LogP contribution in [0, 0.1) is 12.7 Å². The molecule has 2 N–H and O–H groups in total. The summed E-state index contributed by atoms with van der Waals surface area (Å²) in [6.07, 6.45) is 0. The van der Waals surface area contributed by atoms with Crippen molar-refractivity contribution < 1.29 is 23.5 Å². The molecule has 0 spiro atoms. The van der Waals surface area contributed by atoms with E-state index in [0.29, 0.717) is 17.2 Å². The summed E-state index contributed by atoms with van der Waals surface area (Å²) in [6.45, 7) is 3.14. The molecule has 0 bridgehead atoms. The molecule has 7 heteroatoms. The largest absolute Gasteiger partial charge is 0.496 e. The van der Waals surface area contributed by atoms with Crippen LogP contribution in [-0.2, 0) is 4.79 Å². The molecule has 25 heavy (non-hydrogen) atoms. The van der Waals surface area contributed by atoms with E-state index >= 15 is 0 Å². The number of carbonyl (C=O) groups excluding carboxylic acids is 2. The molecule has 0 radical (unpaired) electrons. The number of amides is 2. The highest BCUT2D eigenvalue weighted by Gasteiger charge is 2.15. The van der Waals surface area contributed by atoms with E-state index in [0.717, 1.165) is 11.6 Å². The summed E-state index contributed by atoms with van der Waals surface area (Å²) in [5, 5.41) is 5.02. The smallest absolute Gasteiger partial charge is 0.256 e. The highest BCUT2D eigenvalue weighted by atomic mass is 19.1. The van der Waals surface area contributed by atoms with Crippen LogP contribution in [-0.4, -0.2) is 26.0 Å². The average Bonchev–Trinajstić information content (AvgIpc) is 2.57. The molecule has 0 aliphatic carbocycles. The topological polar surface area (TPSA) is 76.7 Å². The second-order valence-corrected chi connectivity index (χ2v) is 5.34. The molecule has 6 nitrogen and oxygen atoms in total. The molecule has 0 saturated carbocycles. The summed E-state index contributed by atoms with van der Waals surface area (Å²) in [5.41, 5.74) is 1.34. The molecule has 0 heterocycles. The molecule has 0 aromatic heterocycles. The molecule has 0 fully saturated rings. The SMILES string of the molecule is COc1cc(C(=O)Nc2cc(NC(C)=O)ccc2F)cc(OC)c1C. The minimum absolute atomic E-state index is 0.0465. The van der Waals surface area contributed by atoms with Gasteiger partial charge < -0.3 is 20.1 Å². The van der Waals surface area contributed by atoms with E-state index in [1.165, 1.54) is 33.3 Å². The lowest BCUT2D eigenvalue weighted by Gasteiger charge is -2.13. The number of methoxy groups -OCH3 is 2. The van der Waals surface area contributed by atoms with Crippen molar-refractivity contribution in [3.8, 4) is 11.5 Å². The Balaban J connectivity index is 2.32. The van der Waals surface area contributed by atoms with Crippen molar-refractivity contribution in [3.05, 3.63) is 47.3 Å². The lowest BCUT2D eigenvalue weighted by Crippen LogP contribution is -2.14. The van der Waals surface area contributed by atoms with E-state index in [4.69, 9.17) is 9.47 Å². The second-order valence-electron chi connectivity index (χ2n) is 5.34. The van der Waals surface area contributed by atoms with Crippen LogP contribution < -0.4 is 20.1 Å². The van der Waals surface area contributed by atoms with Gasteiger partial charge in [0.25, 0.3) is 5.91 Å². The van der Waals surface area contributed by atoms with Gasteiger partial charge >= 0.3 is 0 Å². The van der Waals surface area contributed by atoms with Gasteiger partial charge in [0.05, 0.1) is 19.9 Å². The molecule has 0 aliphatic heterocycles. The van der Waals surface area contributed by atoms with Crippen LogP contribution >= 0.6 is 0 Å². The third-order valence-corrected chi connectivity index (χ3v) is 3.55. The van der Waals surface area contributed by atoms with Crippen LogP contribution in [0.1, 0.15) is 22.8 Å². The fourth-order valence-electron chi connectivity index (χ4n) is 2.31. The monoisotopic (exact) mass is 346 g/mol. The van der Waals surface area contributed by atoms with Crippen molar-refractivity contribution in [2.75, 3.05) is 24.9 Å². The Morgan fingerprint density at radius 1 is 1.00 bits per heavy atom. The fraction of sp³-hybridized carbons (Fsp3) is 0.222. The summed E-state index contributed by atoms with van der Waals surface area (Å²) < 4.78 is 24.4. The van der Waals surface area contributed by atoms with Crippen LogP contribution in [0.25, 0.3) is 0 Å². The normalized spacial score (nSPS) is 10.1. The summed E-state index contributed by atoms with van der Waals surface area (Å²) in [4.78, 5) is 23.6. The number of hydrogen-bond donors (Lipinski definition) is 2. The molecule has 2 aromatic carbocycles. The van der Waals surface area contributed by atoms with Crippen LogP contribution in [0.4, 0.5) is 15.8 Å². The van der Waals surface area contributed by atoms with E-state index < -0.39 is 11.7 Å². The van der Waals surface area contributed by atoms with Crippen LogP contribution in [0.2, 0.25) is 0 Å². The molecule has 2 rings (SSSR count). The third-order valence-electron chi connectivity index (χ3n) is 3.55. The Labute approximate surface area is 144 Å². The van der Waals surface area contributed by atoms with E-state index in [1.54, 1.807) is 19.1 Å². The quantitative estimate of drug-likeness (QED) is 0.870. The summed E-state index contributed by atoms with van der Waals surface area (Å²) in [5.74, 6) is -0.477. The zero-order valence-electron chi connectivity index (χ0n) is 14.4. The summed E-state index contributed by atoms with van der Waals surface area (Å²) in [7, 11) is 2.97. The first-order valence-electron chi connectivity index (χ1n) is 7.46. The van der Waals surface area contributed by atoms with Gasteiger partial charge in [-0.25, -0.2) is 4.39 Å². The third kappa shape index (κ3) is 4.26. The van der Waals surface area contributed by atoms with Crippen molar-refractivity contribution in [1.82, 2.24) is 0 Å².